The van der Waals surface area contributed by atoms with Crippen molar-refractivity contribution in [3.05, 3.63) is 43.0 Å². The van der Waals surface area contributed by atoms with E-state index in [1.54, 1.807) is 0 Å². The lowest BCUT2D eigenvalue weighted by molar-refractivity contribution is 0.174. The van der Waals surface area contributed by atoms with Crippen LogP contribution in [-0.4, -0.2) is 22.9 Å². The monoisotopic (exact) mass is 438 g/mol. The molecular formula is C18H23BrN4O4. The largest absolute Gasteiger partial charge is 0.454 e. The maximum absolute atomic E-state index is 12.5. The van der Waals surface area contributed by atoms with Gasteiger partial charge in [0.1, 0.15) is 11.5 Å². The molecule has 1 aliphatic heterocycles. The van der Waals surface area contributed by atoms with Crippen LogP contribution in [0.5, 0.6) is 11.5 Å². The number of benzene rings is 1. The number of nitrogen functional groups attached to an aromatic ring is 1. The van der Waals surface area contributed by atoms with Crippen LogP contribution in [0.2, 0.25) is 0 Å². The third kappa shape index (κ3) is 3.83. The van der Waals surface area contributed by atoms with Gasteiger partial charge in [-0.25, -0.2) is 4.79 Å². The van der Waals surface area contributed by atoms with Crippen LogP contribution in [0.4, 0.5) is 11.5 Å². The van der Waals surface area contributed by atoms with E-state index in [1.807, 2.05) is 30.9 Å². The van der Waals surface area contributed by atoms with Crippen molar-refractivity contribution < 1.29 is 9.47 Å². The lowest BCUT2D eigenvalue weighted by Gasteiger charge is -2.25. The van der Waals surface area contributed by atoms with E-state index in [9.17, 15) is 9.59 Å². The minimum absolute atomic E-state index is 0.191. The number of aromatic nitrogens is 2. The molecule has 0 amide bonds. The highest BCUT2D eigenvalue weighted by Gasteiger charge is 2.21. The van der Waals surface area contributed by atoms with Gasteiger partial charge in [-0.15, -0.1) is 0 Å². The molecule has 2 heterocycles. The van der Waals surface area contributed by atoms with E-state index in [0.29, 0.717) is 36.8 Å². The molecule has 9 heteroatoms. The minimum Gasteiger partial charge on any atom is -0.454 e. The Balaban J connectivity index is 1.99. The first-order valence-corrected chi connectivity index (χ1v) is 9.71. The van der Waals surface area contributed by atoms with Crippen LogP contribution in [0.1, 0.15) is 32.3 Å². The first-order chi connectivity index (χ1) is 13.0. The smallest absolute Gasteiger partial charge is 0.330 e. The molecule has 0 bridgehead atoms. The highest BCUT2D eigenvalue weighted by molar-refractivity contribution is 9.10. The second-order valence-electron chi connectivity index (χ2n) is 6.31. The van der Waals surface area contributed by atoms with Gasteiger partial charge in [-0.1, -0.05) is 29.3 Å². The third-order valence-electron chi connectivity index (χ3n) is 4.55. The molecule has 0 radical (unpaired) electrons. The molecule has 1 aromatic carbocycles. The van der Waals surface area contributed by atoms with Crippen molar-refractivity contribution in [3.8, 4) is 11.5 Å². The summed E-state index contributed by atoms with van der Waals surface area (Å²) in [5.41, 5.74) is 6.50. The number of nitrogens with one attached hydrogen (secondary N) is 1. The summed E-state index contributed by atoms with van der Waals surface area (Å²) in [4.78, 5) is 28.9. The van der Waals surface area contributed by atoms with Gasteiger partial charge in [-0.3, -0.25) is 14.3 Å². The number of fused-ring (bicyclic) bond motifs is 1. The Morgan fingerprint density at radius 3 is 2.63 bits per heavy atom. The van der Waals surface area contributed by atoms with Crippen LogP contribution < -0.4 is 31.4 Å². The fraction of sp³-hybridized carbons (Fsp3) is 0.444. The number of unbranched alkanes of at least 4 members (excludes halogenated alkanes) is 1. The molecule has 0 unspecified atom stereocenters. The average molecular weight is 439 g/mol. The zero-order valence-electron chi connectivity index (χ0n) is 15.4. The maximum atomic E-state index is 12.5. The molecule has 0 aliphatic carbocycles. The highest BCUT2D eigenvalue weighted by atomic mass is 79.9. The Labute approximate surface area is 165 Å². The van der Waals surface area contributed by atoms with Gasteiger partial charge >= 0.3 is 5.69 Å². The van der Waals surface area contributed by atoms with Gasteiger partial charge in [-0.2, -0.15) is 0 Å². The van der Waals surface area contributed by atoms with E-state index >= 15 is 0 Å². The summed E-state index contributed by atoms with van der Waals surface area (Å²) in [6, 6.07) is 3.73. The number of halogens is 1. The molecule has 0 saturated heterocycles. The minimum atomic E-state index is -0.482. The molecule has 1 aliphatic rings. The van der Waals surface area contributed by atoms with E-state index in [4.69, 9.17) is 15.2 Å². The van der Waals surface area contributed by atoms with Crippen molar-refractivity contribution in [3.63, 3.8) is 0 Å². The van der Waals surface area contributed by atoms with Crippen LogP contribution in [0.15, 0.2) is 26.2 Å². The van der Waals surface area contributed by atoms with E-state index in [0.717, 1.165) is 22.9 Å². The Kier molecular flexibility index (Phi) is 5.79. The zero-order chi connectivity index (χ0) is 19.6. The molecular weight excluding hydrogens is 416 g/mol. The summed E-state index contributed by atoms with van der Waals surface area (Å²) >= 11 is 3.54. The van der Waals surface area contributed by atoms with Crippen molar-refractivity contribution >= 4 is 27.4 Å². The molecule has 0 spiro atoms. The van der Waals surface area contributed by atoms with Gasteiger partial charge in [0.2, 0.25) is 6.79 Å². The summed E-state index contributed by atoms with van der Waals surface area (Å²) in [7, 11) is 0. The Morgan fingerprint density at radius 1 is 1.26 bits per heavy atom. The number of H-pyrrole nitrogens is 1. The highest BCUT2D eigenvalue weighted by Crippen LogP contribution is 2.37. The number of ether oxygens (including phenoxy) is 2. The first kappa shape index (κ1) is 19.3. The molecule has 2 aromatic rings. The number of anilines is 2. The van der Waals surface area contributed by atoms with Crippen molar-refractivity contribution in [2.45, 2.75) is 39.8 Å². The van der Waals surface area contributed by atoms with Crippen molar-refractivity contribution in [2.24, 2.45) is 0 Å². The van der Waals surface area contributed by atoms with Gasteiger partial charge in [0.25, 0.3) is 5.56 Å². The quantitative estimate of drug-likeness (QED) is 0.687. The van der Waals surface area contributed by atoms with Gasteiger partial charge < -0.3 is 20.1 Å². The van der Waals surface area contributed by atoms with Crippen LogP contribution in [0, 0.1) is 0 Å². The van der Waals surface area contributed by atoms with Gasteiger partial charge in [0.05, 0.1) is 0 Å². The van der Waals surface area contributed by atoms with Crippen molar-refractivity contribution in [1.82, 2.24) is 9.55 Å². The molecule has 3 rings (SSSR count). The standard InChI is InChI=1S/C18H23BrN4O4/c1-3-5-6-23-16(20)15(17(24)21-18(23)25)22(4-2)9-11-7-13-14(8-12(11)19)27-10-26-13/h7-8H,3-6,9-10,20H2,1-2H3,(H,21,24,25). The third-order valence-corrected chi connectivity index (χ3v) is 5.29. The second-order valence-corrected chi connectivity index (χ2v) is 7.16. The summed E-state index contributed by atoms with van der Waals surface area (Å²) < 4.78 is 13.1. The predicted octanol–water partition coefficient (Wildman–Crippen LogP) is 2.44. The van der Waals surface area contributed by atoms with Gasteiger partial charge in [0.15, 0.2) is 11.5 Å². The van der Waals surface area contributed by atoms with Gasteiger partial charge in [0, 0.05) is 24.1 Å². The molecule has 27 heavy (non-hydrogen) atoms. The fourth-order valence-corrected chi connectivity index (χ4v) is 3.50. The molecule has 1 aromatic heterocycles. The molecule has 8 nitrogen and oxygen atoms in total. The SMILES string of the molecule is CCCCn1c(N)c(N(CC)Cc2cc3c(cc2Br)OCO3)c(=O)[nH]c1=O. The lowest BCUT2D eigenvalue weighted by Crippen LogP contribution is -2.38. The van der Waals surface area contributed by atoms with E-state index in [1.165, 1.54) is 4.57 Å². The molecule has 0 fully saturated rings. The number of hydrogen-bond donors (Lipinski definition) is 2. The zero-order valence-corrected chi connectivity index (χ0v) is 17.0. The van der Waals surface area contributed by atoms with E-state index < -0.39 is 11.2 Å². The lowest BCUT2D eigenvalue weighted by atomic mass is 10.1. The van der Waals surface area contributed by atoms with Crippen molar-refractivity contribution in [2.75, 3.05) is 24.0 Å². The Bertz CT molecular complexity index is 954. The van der Waals surface area contributed by atoms with E-state index in [-0.39, 0.29) is 12.6 Å². The molecule has 0 atom stereocenters. The summed E-state index contributed by atoms with van der Waals surface area (Å²) in [6.07, 6.45) is 1.72. The topological polar surface area (TPSA) is 103 Å². The predicted molar refractivity (Wildman–Crippen MR) is 108 cm³/mol. The van der Waals surface area contributed by atoms with Crippen molar-refractivity contribution in [1.29, 1.82) is 0 Å². The van der Waals surface area contributed by atoms with Crippen LogP contribution in [-0.2, 0) is 13.1 Å². The van der Waals surface area contributed by atoms with Crippen LogP contribution >= 0.6 is 15.9 Å². The summed E-state index contributed by atoms with van der Waals surface area (Å²) in [5, 5.41) is 0. The summed E-state index contributed by atoms with van der Waals surface area (Å²) in [5.74, 6) is 1.54. The number of rotatable bonds is 7. The fourth-order valence-electron chi connectivity index (χ4n) is 3.06. The number of nitrogens with zero attached hydrogens (tertiary/aromatic N) is 2. The number of aromatic amines is 1. The molecule has 3 N–H and O–H groups in total. The normalized spacial score (nSPS) is 12.4. The van der Waals surface area contributed by atoms with Crippen LogP contribution in [0.25, 0.3) is 0 Å². The first-order valence-electron chi connectivity index (χ1n) is 8.91. The van der Waals surface area contributed by atoms with E-state index in [2.05, 4.69) is 20.9 Å². The Morgan fingerprint density at radius 2 is 1.96 bits per heavy atom. The molecule has 0 saturated carbocycles. The second kappa shape index (κ2) is 8.08. The number of hydrogen-bond acceptors (Lipinski definition) is 6. The van der Waals surface area contributed by atoms with Crippen LogP contribution in [0.3, 0.4) is 0 Å². The number of nitrogens with two attached hydrogens (primary N) is 1. The average Bonchev–Trinajstić information content (AvgIpc) is 3.07. The summed E-state index contributed by atoms with van der Waals surface area (Å²) in [6.45, 7) is 5.59. The maximum Gasteiger partial charge on any atom is 0.330 e. The Hall–Kier alpha value is -2.42. The molecule has 146 valence electrons. The van der Waals surface area contributed by atoms with Gasteiger partial charge in [-0.05, 0) is 31.0 Å².